The van der Waals surface area contributed by atoms with Gasteiger partial charge in [-0.05, 0) is 52.1 Å². The van der Waals surface area contributed by atoms with Crippen LogP contribution in [0.2, 0.25) is 0 Å². The van der Waals surface area contributed by atoms with E-state index in [0.717, 1.165) is 6.42 Å². The van der Waals surface area contributed by atoms with Crippen LogP contribution >= 0.6 is 22.6 Å². The average Bonchev–Trinajstić information content (AvgIpc) is 2.49. The maximum Gasteiger partial charge on any atom is 0.0240 e. The Balaban J connectivity index is 2.42. The highest BCUT2D eigenvalue weighted by Gasteiger charge is 2.08. The normalized spacial score (nSPS) is 12.1. The molecular weight excluding hydrogens is 343 g/mol. The highest BCUT2D eigenvalue weighted by atomic mass is 127. The zero-order valence-corrected chi connectivity index (χ0v) is 13.4. The summed E-state index contributed by atoms with van der Waals surface area (Å²) in [7, 11) is 0. The van der Waals surface area contributed by atoms with Gasteiger partial charge in [-0.3, -0.25) is 0 Å². The van der Waals surface area contributed by atoms with Crippen LogP contribution in [0.1, 0.15) is 37.3 Å². The van der Waals surface area contributed by atoms with Crippen LogP contribution in [0.5, 0.6) is 0 Å². The third kappa shape index (κ3) is 3.93. The molecule has 0 saturated carbocycles. The highest BCUT2D eigenvalue weighted by molar-refractivity contribution is 14.1. The molecule has 1 heteroatoms. The molecule has 0 aliphatic carbocycles. The van der Waals surface area contributed by atoms with E-state index in [1.54, 1.807) is 0 Å². The molecule has 2 rings (SSSR count). The Labute approximate surface area is 129 Å². The van der Waals surface area contributed by atoms with Crippen LogP contribution in [0.3, 0.4) is 0 Å². The molecule has 0 saturated heterocycles. The molecular formula is C18H19I. The predicted octanol–water partition coefficient (Wildman–Crippen LogP) is 6.18. The smallest absolute Gasteiger partial charge is 0.0240 e. The van der Waals surface area contributed by atoms with E-state index < -0.39 is 0 Å². The number of rotatable bonds is 5. The van der Waals surface area contributed by atoms with Crippen molar-refractivity contribution in [3.05, 3.63) is 71.8 Å². The first-order chi connectivity index (χ1) is 9.33. The second kappa shape index (κ2) is 7.49. The Morgan fingerprint density at radius 1 is 0.842 bits per heavy atom. The van der Waals surface area contributed by atoms with Gasteiger partial charge >= 0.3 is 0 Å². The standard InChI is InChI=1S/C18H19I/c1-2-3-14-17(15-10-6-4-7-11-15)18(19)16-12-8-5-9-13-16/h4-13H,2-3,14H2,1H3/b18-17+. The summed E-state index contributed by atoms with van der Waals surface area (Å²) in [4.78, 5) is 0. The van der Waals surface area contributed by atoms with E-state index in [1.165, 1.54) is 33.1 Å². The van der Waals surface area contributed by atoms with Gasteiger partial charge in [0.15, 0.2) is 0 Å². The first-order valence-electron chi connectivity index (χ1n) is 6.82. The summed E-state index contributed by atoms with van der Waals surface area (Å²) in [5.41, 5.74) is 4.14. The van der Waals surface area contributed by atoms with E-state index in [9.17, 15) is 0 Å². The Morgan fingerprint density at radius 2 is 1.37 bits per heavy atom. The van der Waals surface area contributed by atoms with Crippen molar-refractivity contribution >= 4 is 31.7 Å². The number of unbranched alkanes of at least 4 members (excludes halogenated alkanes) is 1. The molecule has 0 fully saturated rings. The minimum absolute atomic E-state index is 1.15. The molecule has 0 aromatic heterocycles. The van der Waals surface area contributed by atoms with Crippen LogP contribution < -0.4 is 0 Å². The van der Waals surface area contributed by atoms with Crippen molar-refractivity contribution in [2.45, 2.75) is 26.2 Å². The van der Waals surface area contributed by atoms with E-state index in [1.807, 2.05) is 0 Å². The summed E-state index contributed by atoms with van der Waals surface area (Å²) < 4.78 is 1.37. The van der Waals surface area contributed by atoms with Crippen molar-refractivity contribution in [3.63, 3.8) is 0 Å². The average molecular weight is 362 g/mol. The summed E-state index contributed by atoms with van der Waals surface area (Å²) >= 11 is 2.49. The number of hydrogen-bond donors (Lipinski definition) is 0. The van der Waals surface area contributed by atoms with Crippen LogP contribution in [0.15, 0.2) is 60.7 Å². The van der Waals surface area contributed by atoms with Crippen LogP contribution in [-0.4, -0.2) is 0 Å². The third-order valence-electron chi connectivity index (χ3n) is 3.19. The number of benzene rings is 2. The molecule has 0 radical (unpaired) electrons. The van der Waals surface area contributed by atoms with Crippen LogP contribution in [0.25, 0.3) is 9.15 Å². The fraction of sp³-hybridized carbons (Fsp3) is 0.222. The molecule has 0 nitrogen and oxygen atoms in total. The van der Waals surface area contributed by atoms with Crippen molar-refractivity contribution < 1.29 is 0 Å². The van der Waals surface area contributed by atoms with E-state index in [4.69, 9.17) is 0 Å². The quantitative estimate of drug-likeness (QED) is 0.440. The minimum atomic E-state index is 1.15. The van der Waals surface area contributed by atoms with Crippen molar-refractivity contribution in [1.82, 2.24) is 0 Å². The Kier molecular flexibility index (Phi) is 5.64. The van der Waals surface area contributed by atoms with Gasteiger partial charge in [0.1, 0.15) is 0 Å². The van der Waals surface area contributed by atoms with Gasteiger partial charge in [-0.25, -0.2) is 0 Å². The summed E-state index contributed by atoms with van der Waals surface area (Å²) in [5.74, 6) is 0. The molecule has 0 atom stereocenters. The Hall–Kier alpha value is -1.09. The van der Waals surface area contributed by atoms with Gasteiger partial charge in [-0.1, -0.05) is 74.0 Å². The molecule has 0 N–H and O–H groups in total. The maximum atomic E-state index is 2.49. The molecule has 0 heterocycles. The molecule has 19 heavy (non-hydrogen) atoms. The van der Waals surface area contributed by atoms with Gasteiger partial charge < -0.3 is 0 Å². The van der Waals surface area contributed by atoms with Crippen LogP contribution in [0, 0.1) is 0 Å². The maximum absolute atomic E-state index is 2.49. The van der Waals surface area contributed by atoms with Crippen LogP contribution in [-0.2, 0) is 0 Å². The molecule has 0 amide bonds. The van der Waals surface area contributed by atoms with Gasteiger partial charge in [0.25, 0.3) is 0 Å². The highest BCUT2D eigenvalue weighted by Crippen LogP contribution is 2.34. The minimum Gasteiger partial charge on any atom is -0.0654 e. The monoisotopic (exact) mass is 362 g/mol. The fourth-order valence-corrected chi connectivity index (χ4v) is 3.07. The lowest BCUT2D eigenvalue weighted by molar-refractivity contribution is 0.825. The molecule has 2 aromatic rings. The number of allylic oxidation sites excluding steroid dienone is 1. The topological polar surface area (TPSA) is 0 Å². The van der Waals surface area contributed by atoms with Gasteiger partial charge in [0.05, 0.1) is 0 Å². The van der Waals surface area contributed by atoms with Crippen molar-refractivity contribution in [2.24, 2.45) is 0 Å². The van der Waals surface area contributed by atoms with Gasteiger partial charge in [-0.15, -0.1) is 0 Å². The van der Waals surface area contributed by atoms with Gasteiger partial charge in [-0.2, -0.15) is 0 Å². The number of hydrogen-bond acceptors (Lipinski definition) is 0. The van der Waals surface area contributed by atoms with E-state index in [0.29, 0.717) is 0 Å². The summed E-state index contributed by atoms with van der Waals surface area (Å²) in [6.45, 7) is 2.25. The predicted molar refractivity (Wildman–Crippen MR) is 93.2 cm³/mol. The molecule has 0 aliphatic rings. The lowest BCUT2D eigenvalue weighted by Gasteiger charge is -2.12. The molecule has 98 valence electrons. The lowest BCUT2D eigenvalue weighted by Crippen LogP contribution is -1.89. The summed E-state index contributed by atoms with van der Waals surface area (Å²) in [6.07, 6.45) is 3.62. The van der Waals surface area contributed by atoms with Crippen LogP contribution in [0.4, 0.5) is 0 Å². The van der Waals surface area contributed by atoms with Crippen molar-refractivity contribution in [2.75, 3.05) is 0 Å². The molecule has 0 aliphatic heterocycles. The first kappa shape index (κ1) is 14.3. The zero-order chi connectivity index (χ0) is 13.5. The van der Waals surface area contributed by atoms with Crippen molar-refractivity contribution in [1.29, 1.82) is 0 Å². The zero-order valence-electron chi connectivity index (χ0n) is 11.3. The second-order valence-electron chi connectivity index (χ2n) is 4.63. The van der Waals surface area contributed by atoms with E-state index >= 15 is 0 Å². The molecule has 0 unspecified atom stereocenters. The Morgan fingerprint density at radius 3 is 1.89 bits per heavy atom. The largest absolute Gasteiger partial charge is 0.0654 e. The lowest BCUT2D eigenvalue weighted by atomic mass is 9.98. The summed E-state index contributed by atoms with van der Waals surface area (Å²) in [6, 6.07) is 21.4. The van der Waals surface area contributed by atoms with Gasteiger partial charge in [0, 0.05) is 3.58 Å². The first-order valence-corrected chi connectivity index (χ1v) is 7.90. The number of halogens is 1. The fourth-order valence-electron chi connectivity index (χ4n) is 2.13. The molecule has 0 bridgehead atoms. The Bertz CT molecular complexity index is 526. The third-order valence-corrected chi connectivity index (χ3v) is 4.47. The molecule has 0 spiro atoms. The van der Waals surface area contributed by atoms with E-state index in [-0.39, 0.29) is 0 Å². The molecule has 2 aromatic carbocycles. The van der Waals surface area contributed by atoms with E-state index in [2.05, 4.69) is 90.2 Å². The SMILES string of the molecule is CCCC/C(=C(\I)c1ccccc1)c1ccccc1. The summed E-state index contributed by atoms with van der Waals surface area (Å²) in [5, 5.41) is 0. The van der Waals surface area contributed by atoms with Gasteiger partial charge in [0.2, 0.25) is 0 Å². The second-order valence-corrected chi connectivity index (χ2v) is 5.71. The van der Waals surface area contributed by atoms with Crippen molar-refractivity contribution in [3.8, 4) is 0 Å².